The molecule has 50 valence electrons. The van der Waals surface area contributed by atoms with Gasteiger partial charge in [0.05, 0.1) is 18.6 Å². The lowest BCUT2D eigenvalue weighted by atomic mass is 10.1. The van der Waals surface area contributed by atoms with E-state index in [1.54, 1.807) is 7.11 Å². The van der Waals surface area contributed by atoms with E-state index < -0.39 is 0 Å². The standard InChI is InChI=1S/C7H11NO/c1-9-5-7(4-8)6-2-3-6/h6-7H,2-3,5H2,1H3. The summed E-state index contributed by atoms with van der Waals surface area (Å²) >= 11 is 0. The average molecular weight is 125 g/mol. The van der Waals surface area contributed by atoms with Crippen LogP contribution in [0.25, 0.3) is 0 Å². The number of hydrogen-bond acceptors (Lipinski definition) is 2. The molecule has 0 heterocycles. The topological polar surface area (TPSA) is 33.0 Å². The van der Waals surface area contributed by atoms with Crippen LogP contribution < -0.4 is 0 Å². The van der Waals surface area contributed by atoms with Crippen molar-refractivity contribution in [1.82, 2.24) is 0 Å². The third-order valence-electron chi connectivity index (χ3n) is 1.70. The number of nitrogens with zero attached hydrogens (tertiary/aromatic N) is 1. The normalized spacial score (nSPS) is 20.9. The van der Waals surface area contributed by atoms with Gasteiger partial charge in [0.15, 0.2) is 0 Å². The minimum Gasteiger partial charge on any atom is -0.383 e. The Hall–Kier alpha value is -0.550. The Morgan fingerprint density at radius 2 is 2.44 bits per heavy atom. The molecule has 0 aromatic carbocycles. The van der Waals surface area contributed by atoms with Gasteiger partial charge in [-0.05, 0) is 18.8 Å². The molecule has 1 atom stereocenters. The molecule has 1 fully saturated rings. The minimum atomic E-state index is 0.162. The minimum absolute atomic E-state index is 0.162. The molecule has 1 unspecified atom stereocenters. The van der Waals surface area contributed by atoms with Crippen LogP contribution in [-0.2, 0) is 4.74 Å². The number of rotatable bonds is 3. The van der Waals surface area contributed by atoms with Crippen LogP contribution in [-0.4, -0.2) is 13.7 Å². The lowest BCUT2D eigenvalue weighted by Gasteiger charge is -2.02. The lowest BCUT2D eigenvalue weighted by molar-refractivity contribution is 0.164. The highest BCUT2D eigenvalue weighted by molar-refractivity contribution is 4.94. The molecule has 1 rings (SSSR count). The van der Waals surface area contributed by atoms with Crippen LogP contribution in [0, 0.1) is 23.2 Å². The van der Waals surface area contributed by atoms with Crippen LogP contribution in [0.5, 0.6) is 0 Å². The predicted molar refractivity (Wildman–Crippen MR) is 33.7 cm³/mol. The maximum atomic E-state index is 8.54. The molecule has 0 radical (unpaired) electrons. The Bertz CT molecular complexity index is 123. The first kappa shape index (κ1) is 6.57. The van der Waals surface area contributed by atoms with Crippen molar-refractivity contribution in [3.63, 3.8) is 0 Å². The molecule has 0 spiro atoms. The molecule has 0 N–H and O–H groups in total. The molecule has 1 aliphatic carbocycles. The van der Waals surface area contributed by atoms with Gasteiger partial charge in [0.2, 0.25) is 0 Å². The van der Waals surface area contributed by atoms with E-state index >= 15 is 0 Å². The van der Waals surface area contributed by atoms with Crippen LogP contribution in [0.4, 0.5) is 0 Å². The lowest BCUT2D eigenvalue weighted by Crippen LogP contribution is -2.07. The summed E-state index contributed by atoms with van der Waals surface area (Å²) in [4.78, 5) is 0. The third kappa shape index (κ3) is 1.69. The van der Waals surface area contributed by atoms with Gasteiger partial charge in [0.25, 0.3) is 0 Å². The summed E-state index contributed by atoms with van der Waals surface area (Å²) < 4.78 is 4.87. The first-order valence-electron chi connectivity index (χ1n) is 3.27. The molecule has 9 heavy (non-hydrogen) atoms. The first-order valence-corrected chi connectivity index (χ1v) is 3.27. The van der Waals surface area contributed by atoms with Crippen molar-refractivity contribution in [3.05, 3.63) is 0 Å². The van der Waals surface area contributed by atoms with Crippen LogP contribution >= 0.6 is 0 Å². The quantitative estimate of drug-likeness (QED) is 0.567. The van der Waals surface area contributed by atoms with Gasteiger partial charge in [0, 0.05) is 7.11 Å². The van der Waals surface area contributed by atoms with E-state index in [0.717, 1.165) is 0 Å². The van der Waals surface area contributed by atoms with Crippen molar-refractivity contribution in [2.24, 2.45) is 11.8 Å². The summed E-state index contributed by atoms with van der Waals surface area (Å²) in [5, 5.41) is 8.54. The molecule has 0 saturated heterocycles. The number of hydrogen-bond donors (Lipinski definition) is 0. The van der Waals surface area contributed by atoms with Gasteiger partial charge in [-0.25, -0.2) is 0 Å². The fourth-order valence-electron chi connectivity index (χ4n) is 0.957. The van der Waals surface area contributed by atoms with Crippen LogP contribution in [0.1, 0.15) is 12.8 Å². The van der Waals surface area contributed by atoms with E-state index in [4.69, 9.17) is 10.00 Å². The van der Waals surface area contributed by atoms with E-state index in [1.165, 1.54) is 12.8 Å². The van der Waals surface area contributed by atoms with Gasteiger partial charge >= 0.3 is 0 Å². The van der Waals surface area contributed by atoms with Crippen LogP contribution in [0.3, 0.4) is 0 Å². The smallest absolute Gasteiger partial charge is 0.0725 e. The fraction of sp³-hybridized carbons (Fsp3) is 0.857. The maximum absolute atomic E-state index is 8.54. The molecular weight excluding hydrogens is 114 g/mol. The van der Waals surface area contributed by atoms with Crippen LogP contribution in [0.2, 0.25) is 0 Å². The highest BCUT2D eigenvalue weighted by Gasteiger charge is 2.30. The van der Waals surface area contributed by atoms with Gasteiger partial charge < -0.3 is 4.74 Å². The zero-order valence-corrected chi connectivity index (χ0v) is 5.63. The van der Waals surface area contributed by atoms with Crippen molar-refractivity contribution in [2.75, 3.05) is 13.7 Å². The summed E-state index contributed by atoms with van der Waals surface area (Å²) in [7, 11) is 1.65. The predicted octanol–water partition coefficient (Wildman–Crippen LogP) is 1.18. The molecule has 0 aliphatic heterocycles. The Morgan fingerprint density at radius 3 is 2.78 bits per heavy atom. The monoisotopic (exact) mass is 125 g/mol. The number of methoxy groups -OCH3 is 1. The molecule has 1 saturated carbocycles. The second-order valence-corrected chi connectivity index (χ2v) is 2.53. The second kappa shape index (κ2) is 2.84. The summed E-state index contributed by atoms with van der Waals surface area (Å²) in [6.07, 6.45) is 2.45. The largest absolute Gasteiger partial charge is 0.383 e. The van der Waals surface area contributed by atoms with E-state index in [9.17, 15) is 0 Å². The molecule has 0 aromatic rings. The molecule has 2 nitrogen and oxygen atoms in total. The van der Waals surface area contributed by atoms with Gasteiger partial charge in [0.1, 0.15) is 0 Å². The highest BCUT2D eigenvalue weighted by Crippen LogP contribution is 2.36. The molecule has 0 bridgehead atoms. The maximum Gasteiger partial charge on any atom is 0.0725 e. The Labute approximate surface area is 55.4 Å². The van der Waals surface area contributed by atoms with Crippen molar-refractivity contribution in [2.45, 2.75) is 12.8 Å². The van der Waals surface area contributed by atoms with Gasteiger partial charge in [-0.1, -0.05) is 0 Å². The molecule has 0 aromatic heterocycles. The average Bonchev–Trinajstić information content (AvgIpc) is 2.64. The van der Waals surface area contributed by atoms with Gasteiger partial charge in [-0.15, -0.1) is 0 Å². The van der Waals surface area contributed by atoms with E-state index in [2.05, 4.69) is 6.07 Å². The Kier molecular flexibility index (Phi) is 2.07. The van der Waals surface area contributed by atoms with Crippen LogP contribution in [0.15, 0.2) is 0 Å². The van der Waals surface area contributed by atoms with Crippen molar-refractivity contribution in [3.8, 4) is 6.07 Å². The molecule has 2 heteroatoms. The van der Waals surface area contributed by atoms with E-state index in [0.29, 0.717) is 12.5 Å². The Morgan fingerprint density at radius 1 is 1.78 bits per heavy atom. The summed E-state index contributed by atoms with van der Waals surface area (Å²) in [5.74, 6) is 0.810. The zero-order valence-electron chi connectivity index (χ0n) is 5.63. The zero-order chi connectivity index (χ0) is 6.69. The van der Waals surface area contributed by atoms with Crippen molar-refractivity contribution in [1.29, 1.82) is 5.26 Å². The third-order valence-corrected chi connectivity index (χ3v) is 1.70. The SMILES string of the molecule is COCC(C#N)C1CC1. The molecule has 1 aliphatic rings. The van der Waals surface area contributed by atoms with Crippen molar-refractivity contribution < 1.29 is 4.74 Å². The second-order valence-electron chi connectivity index (χ2n) is 2.53. The first-order chi connectivity index (χ1) is 4.38. The van der Waals surface area contributed by atoms with Gasteiger partial charge in [-0.3, -0.25) is 0 Å². The van der Waals surface area contributed by atoms with Gasteiger partial charge in [-0.2, -0.15) is 5.26 Å². The molecule has 0 amide bonds. The van der Waals surface area contributed by atoms with E-state index in [-0.39, 0.29) is 5.92 Å². The summed E-state index contributed by atoms with van der Waals surface area (Å²) in [5.41, 5.74) is 0. The summed E-state index contributed by atoms with van der Waals surface area (Å²) in [6.45, 7) is 0.612. The fourth-order valence-corrected chi connectivity index (χ4v) is 0.957. The highest BCUT2D eigenvalue weighted by atomic mass is 16.5. The van der Waals surface area contributed by atoms with Crippen molar-refractivity contribution >= 4 is 0 Å². The molecular formula is C7H11NO. The summed E-state index contributed by atoms with van der Waals surface area (Å²) in [6, 6.07) is 2.24. The van der Waals surface area contributed by atoms with E-state index in [1.807, 2.05) is 0 Å². The number of ether oxygens (including phenoxy) is 1. The number of nitriles is 1. The Balaban J connectivity index is 2.23.